The summed E-state index contributed by atoms with van der Waals surface area (Å²) in [5.41, 5.74) is 0. The molecule has 0 saturated carbocycles. The van der Waals surface area contributed by atoms with Crippen LogP contribution in [0.25, 0.3) is 0 Å². The molecule has 0 aliphatic rings. The molecule has 14 heavy (non-hydrogen) atoms. The van der Waals surface area contributed by atoms with E-state index in [-0.39, 0.29) is 46.8 Å². The van der Waals surface area contributed by atoms with Gasteiger partial charge in [0, 0.05) is 40.8 Å². The molecule has 0 N–H and O–H groups in total. The van der Waals surface area contributed by atoms with Crippen molar-refractivity contribution in [2.45, 2.75) is 58.3 Å². The summed E-state index contributed by atoms with van der Waals surface area (Å²) in [6, 6.07) is 0. The van der Waals surface area contributed by atoms with Crippen LogP contribution in [0.4, 0.5) is 0 Å². The molecule has 0 aliphatic carbocycles. The molecule has 4 heteroatoms. The Morgan fingerprint density at radius 2 is 1.57 bits per heavy atom. The third kappa shape index (κ3) is 14.2. The molecule has 0 atom stereocenters. The third-order valence-electron chi connectivity index (χ3n) is 2.10. The van der Waals surface area contributed by atoms with Gasteiger partial charge < -0.3 is 0 Å². The molecule has 0 aromatic heterocycles. The van der Waals surface area contributed by atoms with Crippen molar-refractivity contribution in [3.63, 3.8) is 0 Å². The van der Waals surface area contributed by atoms with Gasteiger partial charge in [-0.05, 0) is 0 Å². The normalized spacial score (nSPS) is 9.14. The van der Waals surface area contributed by atoms with Crippen LogP contribution in [0.5, 0.6) is 0 Å². The number of carbonyl (C=O) groups excluding carboxylic acids is 1. The van der Waals surface area contributed by atoms with Crippen molar-refractivity contribution >= 4 is 5.97 Å². The molecule has 0 aliphatic heterocycles. The first-order valence-corrected chi connectivity index (χ1v) is 6.48. The van der Waals surface area contributed by atoms with Crippen molar-refractivity contribution in [1.29, 1.82) is 0 Å². The van der Waals surface area contributed by atoms with Crippen molar-refractivity contribution < 1.29 is 86.1 Å². The minimum absolute atomic E-state index is 0. The standard InChI is InChI=1S/C10H20O2.2Nd/c1-2-3-4-5-6-7-8-9-10(11)12;;/h2-9H2,1H3,(H,11,12);;/q;;+1/p-1. The molecule has 0 unspecified atom stereocenters. The predicted octanol–water partition coefficient (Wildman–Crippen LogP) is 3.13. The molecule has 0 amide bonds. The Bertz CT molecular complexity index is 129. The fraction of sp³-hybridized carbons (Fsp3) is 0.900. The number of hydrogen-bond donors (Lipinski definition) is 0. The molecule has 2 nitrogen and oxygen atoms in total. The quantitative estimate of drug-likeness (QED) is 0.521. The van der Waals surface area contributed by atoms with Crippen molar-refractivity contribution in [3.8, 4) is 0 Å². The summed E-state index contributed by atoms with van der Waals surface area (Å²) in [4.78, 5) is 10.8. The Kier molecular flexibility index (Phi) is 20.1. The van der Waals surface area contributed by atoms with Crippen LogP contribution in [-0.2, 0) is 5.86 Å². The number of carbonyl (C=O) groups is 1. The van der Waals surface area contributed by atoms with Crippen LogP contribution in [0.3, 0.4) is 0 Å². The number of rotatable bonds is 8. The Hall–Kier alpha value is 2.17. The molecule has 0 rings (SSSR count). The second kappa shape index (κ2) is 15.2. The first-order chi connectivity index (χ1) is 6.31. The molecular formula is C10H19Nd2O2. The summed E-state index contributed by atoms with van der Waals surface area (Å²) in [6.07, 6.45) is 9.40. The van der Waals surface area contributed by atoms with Gasteiger partial charge >= 0.3 is 109 Å². The van der Waals surface area contributed by atoms with Crippen molar-refractivity contribution in [3.05, 3.63) is 0 Å². The summed E-state index contributed by atoms with van der Waals surface area (Å²) < 4.78 is 4.70. The topological polar surface area (TPSA) is 26.3 Å². The molecule has 0 saturated heterocycles. The molecule has 0 aromatic carbocycles. The van der Waals surface area contributed by atoms with Gasteiger partial charge in [0.25, 0.3) is 0 Å². The fourth-order valence-corrected chi connectivity index (χ4v) is 1.60. The third-order valence-corrected chi connectivity index (χ3v) is 2.83. The molecule has 0 radical (unpaired) electrons. The van der Waals surface area contributed by atoms with Crippen LogP contribution in [0.2, 0.25) is 0 Å². The minimum atomic E-state index is -0.0137. The van der Waals surface area contributed by atoms with Crippen LogP contribution in [-0.4, -0.2) is 5.97 Å². The van der Waals surface area contributed by atoms with Crippen LogP contribution < -0.4 is 0 Å². The molecule has 0 bridgehead atoms. The van der Waals surface area contributed by atoms with E-state index in [1.807, 2.05) is 0 Å². The summed E-state index contributed by atoms with van der Waals surface area (Å²) in [7, 11) is 0. The second-order valence-corrected chi connectivity index (χ2v) is 4.00. The fourth-order valence-electron chi connectivity index (χ4n) is 1.28. The van der Waals surface area contributed by atoms with Gasteiger partial charge in [0.1, 0.15) is 0 Å². The Labute approximate surface area is 148 Å². The van der Waals surface area contributed by atoms with E-state index in [0.29, 0.717) is 45.8 Å². The van der Waals surface area contributed by atoms with Gasteiger partial charge in [0.05, 0.1) is 0 Å². The average Bonchev–Trinajstić information content (AvgIpc) is 2.16. The summed E-state index contributed by atoms with van der Waals surface area (Å²) >= 11 is 0.544. The van der Waals surface area contributed by atoms with Crippen LogP contribution >= 0.6 is 0 Å². The Morgan fingerprint density at radius 1 is 1.07 bits per heavy atom. The zero-order valence-corrected chi connectivity index (χ0v) is 15.4. The summed E-state index contributed by atoms with van der Waals surface area (Å²) in [5.74, 6) is -0.0137. The average molecular weight is 460 g/mol. The largest absolute Gasteiger partial charge is 0 e. The van der Waals surface area contributed by atoms with Gasteiger partial charge in [-0.25, -0.2) is 0 Å². The monoisotopic (exact) mass is 455 g/mol. The van der Waals surface area contributed by atoms with E-state index in [4.69, 9.17) is 1.06 Å². The summed E-state index contributed by atoms with van der Waals surface area (Å²) in [5, 5.41) is 0. The maximum absolute atomic E-state index is 10.8. The SMILES string of the molecule is CCCCCCCCCC(=O)[O][Nd].[Nd]. The first kappa shape index (κ1) is 18.5. The first-order valence-electron chi connectivity index (χ1n) is 5.17. The van der Waals surface area contributed by atoms with Crippen molar-refractivity contribution in [2.24, 2.45) is 0 Å². The van der Waals surface area contributed by atoms with Crippen LogP contribution in [0, 0.1) is 80.2 Å². The van der Waals surface area contributed by atoms with E-state index in [0.717, 1.165) is 6.42 Å². The molecule has 0 aromatic rings. The van der Waals surface area contributed by atoms with E-state index in [1.54, 1.807) is 0 Å². The molecule has 0 fully saturated rings. The van der Waals surface area contributed by atoms with Crippen molar-refractivity contribution in [1.82, 2.24) is 0 Å². The molecule has 0 heterocycles. The Balaban J connectivity index is 0. The van der Waals surface area contributed by atoms with Gasteiger partial charge in [-0.2, -0.15) is 0 Å². The number of unbranched alkanes of at least 4 members (excludes halogenated alkanes) is 6. The van der Waals surface area contributed by atoms with E-state index in [9.17, 15) is 4.79 Å². The molecule has 0 spiro atoms. The Morgan fingerprint density at radius 3 is 2.07 bits per heavy atom. The van der Waals surface area contributed by atoms with Gasteiger partial charge in [0.15, 0.2) is 0 Å². The smallest absolute Gasteiger partial charge is 0 e. The maximum Gasteiger partial charge on any atom is 0 e. The predicted molar refractivity (Wildman–Crippen MR) is 48.7 cm³/mol. The molecular weight excluding hydrogens is 441 g/mol. The maximum atomic E-state index is 10.8. The van der Waals surface area contributed by atoms with Gasteiger partial charge in [-0.15, -0.1) is 0 Å². The summed E-state index contributed by atoms with van der Waals surface area (Å²) in [6.45, 7) is 2.22. The van der Waals surface area contributed by atoms with Crippen LogP contribution in [0.15, 0.2) is 0 Å². The van der Waals surface area contributed by atoms with Gasteiger partial charge in [-0.1, -0.05) is 0 Å². The van der Waals surface area contributed by atoms with E-state index < -0.39 is 0 Å². The zero-order valence-electron chi connectivity index (χ0n) is 8.97. The van der Waals surface area contributed by atoms with Gasteiger partial charge in [0.2, 0.25) is 0 Å². The van der Waals surface area contributed by atoms with Gasteiger partial charge in [-0.3, -0.25) is 0 Å². The second-order valence-electron chi connectivity index (χ2n) is 3.35. The molecule has 79 valence electrons. The van der Waals surface area contributed by atoms with Crippen LogP contribution in [0.1, 0.15) is 58.3 Å². The zero-order chi connectivity index (χ0) is 9.94. The van der Waals surface area contributed by atoms with E-state index in [2.05, 4.69) is 6.92 Å². The van der Waals surface area contributed by atoms with E-state index in [1.165, 1.54) is 38.5 Å². The minimum Gasteiger partial charge on any atom is 0 e. The van der Waals surface area contributed by atoms with E-state index >= 15 is 0 Å². The number of hydrogen-bond acceptors (Lipinski definition) is 2. The van der Waals surface area contributed by atoms with Crippen molar-refractivity contribution in [2.75, 3.05) is 0 Å².